The maximum absolute atomic E-state index is 13.2. The summed E-state index contributed by atoms with van der Waals surface area (Å²) in [6.45, 7) is 6.78. The molecule has 1 saturated heterocycles. The molecule has 34 heavy (non-hydrogen) atoms. The molecule has 1 aromatic carbocycles. The molecular formula is C23H25N3O7S. The van der Waals surface area contributed by atoms with Gasteiger partial charge in [0.25, 0.3) is 5.91 Å². The molecule has 4 rings (SSSR count). The van der Waals surface area contributed by atoms with Crippen molar-refractivity contribution in [3.05, 3.63) is 39.8 Å². The molecule has 1 aromatic heterocycles. The molecule has 0 radical (unpaired) electrons. The minimum Gasteiger partial charge on any atom is -0.462 e. The van der Waals surface area contributed by atoms with Crippen molar-refractivity contribution in [1.29, 1.82) is 0 Å². The Kier molecular flexibility index (Phi) is 6.22. The van der Waals surface area contributed by atoms with E-state index in [0.717, 1.165) is 15.3 Å². The van der Waals surface area contributed by atoms with E-state index in [2.05, 4.69) is 10.6 Å². The summed E-state index contributed by atoms with van der Waals surface area (Å²) >= 11 is 1.27. The third-order valence-electron chi connectivity index (χ3n) is 5.83. The van der Waals surface area contributed by atoms with E-state index in [1.807, 2.05) is 6.92 Å². The van der Waals surface area contributed by atoms with Crippen molar-refractivity contribution in [2.75, 3.05) is 25.3 Å². The fourth-order valence-electron chi connectivity index (χ4n) is 3.99. The van der Waals surface area contributed by atoms with Gasteiger partial charge in [-0.2, -0.15) is 0 Å². The van der Waals surface area contributed by atoms with Crippen LogP contribution in [0.3, 0.4) is 0 Å². The number of urea groups is 1. The van der Waals surface area contributed by atoms with Crippen LogP contribution in [0.2, 0.25) is 0 Å². The second-order valence-electron chi connectivity index (χ2n) is 7.99. The number of nitrogens with one attached hydrogen (secondary N) is 2. The first-order valence-corrected chi connectivity index (χ1v) is 11.6. The topological polar surface area (TPSA) is 123 Å². The van der Waals surface area contributed by atoms with Crippen LogP contribution in [-0.4, -0.2) is 48.7 Å². The standard InChI is InChI=1S/C23H25N3O7S/c1-5-16-12(3)18(20(28)31-6-2)19(34-16)24-17(27)10-26-21(29)23(4,25-22(26)30)13-7-8-14-15(9-13)33-11-32-14/h7-9H,5-6,10-11H2,1-4H3,(H,24,27)(H,25,30). The molecule has 0 saturated carbocycles. The van der Waals surface area contributed by atoms with Crippen LogP contribution in [0.1, 0.15) is 47.1 Å². The van der Waals surface area contributed by atoms with Gasteiger partial charge in [-0.25, -0.2) is 9.59 Å². The van der Waals surface area contributed by atoms with Crippen molar-refractivity contribution in [2.45, 2.75) is 39.7 Å². The summed E-state index contributed by atoms with van der Waals surface area (Å²) in [5.74, 6) is -0.683. The molecule has 1 atom stereocenters. The number of imide groups is 1. The van der Waals surface area contributed by atoms with Gasteiger partial charge in [0.1, 0.15) is 17.1 Å². The van der Waals surface area contributed by atoms with Crippen molar-refractivity contribution in [2.24, 2.45) is 0 Å². The molecule has 2 aliphatic rings. The molecule has 4 amide bonds. The lowest BCUT2D eigenvalue weighted by molar-refractivity contribution is -0.133. The van der Waals surface area contributed by atoms with E-state index in [-0.39, 0.29) is 13.4 Å². The van der Waals surface area contributed by atoms with E-state index in [9.17, 15) is 19.2 Å². The van der Waals surface area contributed by atoms with Gasteiger partial charge in [-0.3, -0.25) is 14.5 Å². The van der Waals surface area contributed by atoms with E-state index in [1.165, 1.54) is 11.3 Å². The zero-order valence-corrected chi connectivity index (χ0v) is 20.1. The number of thiophene rings is 1. The molecule has 0 bridgehead atoms. The summed E-state index contributed by atoms with van der Waals surface area (Å²) in [5, 5.41) is 5.68. The van der Waals surface area contributed by atoms with Crippen LogP contribution < -0.4 is 20.1 Å². The fraction of sp³-hybridized carbons (Fsp3) is 0.391. The largest absolute Gasteiger partial charge is 0.462 e. The Hall–Kier alpha value is -3.60. The first-order valence-electron chi connectivity index (χ1n) is 10.8. The number of fused-ring (bicyclic) bond motifs is 1. The third kappa shape index (κ3) is 3.96. The number of rotatable bonds is 7. The van der Waals surface area contributed by atoms with Crippen molar-refractivity contribution in [3.63, 3.8) is 0 Å². The smallest absolute Gasteiger partial charge is 0.341 e. The van der Waals surface area contributed by atoms with Crippen LogP contribution in [0.15, 0.2) is 18.2 Å². The predicted molar refractivity (Wildman–Crippen MR) is 123 cm³/mol. The number of ether oxygens (including phenoxy) is 3. The van der Waals surface area contributed by atoms with Crippen molar-refractivity contribution < 1.29 is 33.4 Å². The molecule has 10 nitrogen and oxygen atoms in total. The first-order chi connectivity index (χ1) is 16.2. The quantitative estimate of drug-likeness (QED) is 0.455. The number of amides is 4. The van der Waals surface area contributed by atoms with Crippen LogP contribution in [-0.2, 0) is 26.3 Å². The Morgan fingerprint density at radius 3 is 2.68 bits per heavy atom. The maximum atomic E-state index is 13.2. The summed E-state index contributed by atoms with van der Waals surface area (Å²) in [7, 11) is 0. The van der Waals surface area contributed by atoms with Gasteiger partial charge in [0, 0.05) is 4.88 Å². The summed E-state index contributed by atoms with van der Waals surface area (Å²) in [6, 6.07) is 4.28. The number of anilines is 1. The van der Waals surface area contributed by atoms with E-state index >= 15 is 0 Å². The van der Waals surface area contributed by atoms with Gasteiger partial charge in [-0.1, -0.05) is 13.0 Å². The summed E-state index contributed by atoms with van der Waals surface area (Å²) < 4.78 is 15.8. The zero-order chi connectivity index (χ0) is 24.6. The summed E-state index contributed by atoms with van der Waals surface area (Å²) in [5.41, 5.74) is 0.165. The molecule has 0 aliphatic carbocycles. The zero-order valence-electron chi connectivity index (χ0n) is 19.3. The highest BCUT2D eigenvalue weighted by atomic mass is 32.1. The summed E-state index contributed by atoms with van der Waals surface area (Å²) in [6.07, 6.45) is 0.680. The highest BCUT2D eigenvalue weighted by molar-refractivity contribution is 7.17. The van der Waals surface area contributed by atoms with Crippen molar-refractivity contribution >= 4 is 40.2 Å². The molecule has 2 aromatic rings. The molecule has 0 spiro atoms. The number of nitrogens with zero attached hydrogens (tertiary/aromatic N) is 1. The molecule has 2 aliphatic heterocycles. The third-order valence-corrected chi connectivity index (χ3v) is 7.18. The lowest BCUT2D eigenvalue weighted by Crippen LogP contribution is -2.42. The number of carbonyl (C=O) groups is 4. The SMILES string of the molecule is CCOC(=O)c1c(NC(=O)CN2C(=O)NC(C)(c3ccc4c(c3)OCO4)C2=O)sc(CC)c1C. The van der Waals surface area contributed by atoms with Crippen LogP contribution >= 0.6 is 11.3 Å². The number of esters is 1. The van der Waals surface area contributed by atoms with Crippen LogP contribution in [0, 0.1) is 6.92 Å². The monoisotopic (exact) mass is 487 g/mol. The van der Waals surface area contributed by atoms with Gasteiger partial charge >= 0.3 is 12.0 Å². The van der Waals surface area contributed by atoms with Gasteiger partial charge in [0.05, 0.1) is 12.2 Å². The molecule has 1 unspecified atom stereocenters. The number of hydrogen-bond donors (Lipinski definition) is 2. The second kappa shape index (κ2) is 8.98. The van der Waals surface area contributed by atoms with Gasteiger partial charge in [-0.15, -0.1) is 11.3 Å². The number of aryl methyl sites for hydroxylation is 1. The lowest BCUT2D eigenvalue weighted by Gasteiger charge is -2.22. The fourth-order valence-corrected chi connectivity index (χ4v) is 5.14. The lowest BCUT2D eigenvalue weighted by atomic mass is 9.91. The number of benzene rings is 1. The Morgan fingerprint density at radius 1 is 1.24 bits per heavy atom. The minimum atomic E-state index is -1.37. The molecule has 11 heteroatoms. The Balaban J connectivity index is 1.52. The minimum absolute atomic E-state index is 0.0812. The average molecular weight is 488 g/mol. The average Bonchev–Trinajstić information content (AvgIpc) is 3.45. The highest BCUT2D eigenvalue weighted by Gasteiger charge is 2.50. The van der Waals surface area contributed by atoms with Gasteiger partial charge in [-0.05, 0) is 50.5 Å². The van der Waals surface area contributed by atoms with E-state index in [0.29, 0.717) is 34.0 Å². The van der Waals surface area contributed by atoms with Gasteiger partial charge in [0.2, 0.25) is 12.7 Å². The molecular weight excluding hydrogens is 462 g/mol. The maximum Gasteiger partial charge on any atom is 0.341 e. The number of carbonyl (C=O) groups excluding carboxylic acids is 4. The Labute approximate surface area is 200 Å². The van der Waals surface area contributed by atoms with Crippen molar-refractivity contribution in [1.82, 2.24) is 10.2 Å². The van der Waals surface area contributed by atoms with Crippen molar-refractivity contribution in [3.8, 4) is 11.5 Å². The predicted octanol–water partition coefficient (Wildman–Crippen LogP) is 2.93. The van der Waals surface area contributed by atoms with Gasteiger partial charge in [0.15, 0.2) is 11.5 Å². The Bertz CT molecular complexity index is 1190. The van der Waals surface area contributed by atoms with Crippen LogP contribution in [0.5, 0.6) is 11.5 Å². The second-order valence-corrected chi connectivity index (χ2v) is 9.10. The van der Waals surface area contributed by atoms with Crippen LogP contribution in [0.4, 0.5) is 9.80 Å². The van der Waals surface area contributed by atoms with Gasteiger partial charge < -0.3 is 24.8 Å². The number of hydrogen-bond acceptors (Lipinski definition) is 8. The van der Waals surface area contributed by atoms with E-state index in [1.54, 1.807) is 39.0 Å². The molecule has 3 heterocycles. The normalized spacial score (nSPS) is 18.8. The van der Waals surface area contributed by atoms with E-state index in [4.69, 9.17) is 14.2 Å². The van der Waals surface area contributed by atoms with Crippen LogP contribution in [0.25, 0.3) is 0 Å². The highest BCUT2D eigenvalue weighted by Crippen LogP contribution is 2.38. The molecule has 180 valence electrons. The first kappa shape index (κ1) is 23.6. The summed E-state index contributed by atoms with van der Waals surface area (Å²) in [4.78, 5) is 52.9. The molecule has 2 N–H and O–H groups in total. The molecule has 1 fully saturated rings. The van der Waals surface area contributed by atoms with E-state index < -0.39 is 35.9 Å². The Morgan fingerprint density at radius 2 is 1.97 bits per heavy atom.